The molecule has 6 heteroatoms. The molecular weight excluding hydrogens is 310 g/mol. The first-order valence-corrected chi connectivity index (χ1v) is 9.08. The Hall–Kier alpha value is -2.18. The second kappa shape index (κ2) is 4.91. The standard InChI is InChI=1S/C17H17N3O2S/c18-23(21,22)17(13-6-2-1-3-7-13)9-8-14(17)15-11-12-5-4-10-19-16(12)20-15/h1-7,10-11,14H,8-9H2,(H,19,20)(H2,18,21,22). The van der Waals surface area contributed by atoms with Crippen LogP contribution in [0, 0.1) is 0 Å². The van der Waals surface area contributed by atoms with E-state index in [-0.39, 0.29) is 5.92 Å². The zero-order chi connectivity index (χ0) is 16.1. The van der Waals surface area contributed by atoms with Crippen LogP contribution in [0.3, 0.4) is 0 Å². The summed E-state index contributed by atoms with van der Waals surface area (Å²) in [5.74, 6) is -0.186. The van der Waals surface area contributed by atoms with Crippen LogP contribution in [-0.2, 0) is 14.8 Å². The molecule has 0 saturated heterocycles. The zero-order valence-electron chi connectivity index (χ0n) is 12.4. The number of nitrogens with two attached hydrogens (primary N) is 1. The number of aromatic amines is 1. The summed E-state index contributed by atoms with van der Waals surface area (Å²) in [5, 5.41) is 6.65. The van der Waals surface area contributed by atoms with Crippen molar-refractivity contribution in [1.82, 2.24) is 9.97 Å². The maximum atomic E-state index is 12.5. The van der Waals surface area contributed by atoms with Crippen LogP contribution >= 0.6 is 0 Å². The van der Waals surface area contributed by atoms with Gasteiger partial charge in [0.2, 0.25) is 10.0 Å². The minimum absolute atomic E-state index is 0.186. The molecule has 2 atom stereocenters. The van der Waals surface area contributed by atoms with Gasteiger partial charge in [-0.05, 0) is 36.6 Å². The molecule has 1 aliphatic carbocycles. The highest BCUT2D eigenvalue weighted by molar-refractivity contribution is 7.90. The Bertz CT molecular complexity index is 933. The molecule has 0 spiro atoms. The summed E-state index contributed by atoms with van der Waals surface area (Å²) in [6.45, 7) is 0. The fraction of sp³-hybridized carbons (Fsp3) is 0.235. The van der Waals surface area contributed by atoms with E-state index < -0.39 is 14.8 Å². The van der Waals surface area contributed by atoms with Gasteiger partial charge >= 0.3 is 0 Å². The molecule has 1 aromatic carbocycles. The Balaban J connectivity index is 1.88. The highest BCUT2D eigenvalue weighted by atomic mass is 32.2. The molecule has 3 N–H and O–H groups in total. The van der Waals surface area contributed by atoms with Crippen LogP contribution in [-0.4, -0.2) is 18.4 Å². The Morgan fingerprint density at radius 2 is 1.96 bits per heavy atom. The summed E-state index contributed by atoms with van der Waals surface area (Å²) < 4.78 is 23.9. The molecule has 23 heavy (non-hydrogen) atoms. The predicted molar refractivity (Wildman–Crippen MR) is 89.3 cm³/mol. The molecular formula is C17H17N3O2S. The van der Waals surface area contributed by atoms with Gasteiger partial charge < -0.3 is 4.98 Å². The first kappa shape index (κ1) is 14.4. The molecule has 0 aliphatic heterocycles. The molecule has 0 radical (unpaired) electrons. The van der Waals surface area contributed by atoms with Gasteiger partial charge in [0.1, 0.15) is 10.4 Å². The van der Waals surface area contributed by atoms with Crippen molar-refractivity contribution in [2.75, 3.05) is 0 Å². The summed E-state index contributed by atoms with van der Waals surface area (Å²) in [7, 11) is -3.76. The number of fused-ring (bicyclic) bond motifs is 1. The normalized spacial score (nSPS) is 24.5. The molecule has 4 rings (SSSR count). The van der Waals surface area contributed by atoms with Crippen molar-refractivity contribution < 1.29 is 8.42 Å². The van der Waals surface area contributed by atoms with Gasteiger partial charge in [-0.25, -0.2) is 18.5 Å². The third-order valence-corrected chi connectivity index (χ3v) is 6.67. The Morgan fingerprint density at radius 1 is 1.17 bits per heavy atom. The van der Waals surface area contributed by atoms with E-state index in [0.717, 1.165) is 28.7 Å². The average Bonchev–Trinajstić information content (AvgIpc) is 2.89. The van der Waals surface area contributed by atoms with Crippen molar-refractivity contribution in [3.05, 3.63) is 66.0 Å². The molecule has 0 amide bonds. The summed E-state index contributed by atoms with van der Waals surface area (Å²) in [4.78, 5) is 7.55. The Kier molecular flexibility index (Phi) is 3.08. The first-order chi connectivity index (χ1) is 11.0. The highest BCUT2D eigenvalue weighted by Crippen LogP contribution is 2.56. The number of nitrogens with one attached hydrogen (secondary N) is 1. The number of rotatable bonds is 3. The number of nitrogens with zero attached hydrogens (tertiary/aromatic N) is 1. The first-order valence-electron chi connectivity index (χ1n) is 7.54. The van der Waals surface area contributed by atoms with Crippen LogP contribution in [0.4, 0.5) is 0 Å². The maximum absolute atomic E-state index is 12.5. The summed E-state index contributed by atoms with van der Waals surface area (Å²) >= 11 is 0. The van der Waals surface area contributed by atoms with Crippen LogP contribution in [0.2, 0.25) is 0 Å². The van der Waals surface area contributed by atoms with Gasteiger partial charge in [0, 0.05) is 23.2 Å². The Morgan fingerprint density at radius 3 is 2.57 bits per heavy atom. The van der Waals surface area contributed by atoms with Gasteiger partial charge in [-0.3, -0.25) is 0 Å². The largest absolute Gasteiger partial charge is 0.343 e. The minimum atomic E-state index is -3.76. The van der Waals surface area contributed by atoms with Crippen molar-refractivity contribution in [2.45, 2.75) is 23.5 Å². The van der Waals surface area contributed by atoms with E-state index in [0.29, 0.717) is 6.42 Å². The van der Waals surface area contributed by atoms with Gasteiger partial charge in [-0.15, -0.1) is 0 Å². The smallest absolute Gasteiger partial charge is 0.219 e. The van der Waals surface area contributed by atoms with Crippen molar-refractivity contribution in [3.8, 4) is 0 Å². The van der Waals surface area contributed by atoms with Gasteiger partial charge in [-0.1, -0.05) is 30.3 Å². The number of benzene rings is 1. The molecule has 5 nitrogen and oxygen atoms in total. The third-order valence-electron chi connectivity index (χ3n) is 4.93. The molecule has 1 aliphatic rings. The fourth-order valence-electron chi connectivity index (χ4n) is 3.69. The number of primary sulfonamides is 1. The topological polar surface area (TPSA) is 88.8 Å². The van der Waals surface area contributed by atoms with Gasteiger partial charge in [0.25, 0.3) is 0 Å². The van der Waals surface area contributed by atoms with Crippen molar-refractivity contribution in [3.63, 3.8) is 0 Å². The average molecular weight is 327 g/mol. The lowest BCUT2D eigenvalue weighted by Gasteiger charge is -2.47. The highest BCUT2D eigenvalue weighted by Gasteiger charge is 2.57. The number of hydrogen-bond donors (Lipinski definition) is 2. The van der Waals surface area contributed by atoms with E-state index in [9.17, 15) is 8.42 Å². The lowest BCUT2D eigenvalue weighted by molar-refractivity contribution is 0.279. The number of H-pyrrole nitrogens is 1. The molecule has 2 heterocycles. The number of pyridine rings is 1. The summed E-state index contributed by atoms with van der Waals surface area (Å²) in [6, 6.07) is 15.1. The van der Waals surface area contributed by atoms with E-state index in [2.05, 4.69) is 9.97 Å². The lowest BCUT2D eigenvalue weighted by Crippen LogP contribution is -2.52. The second-order valence-corrected chi connectivity index (χ2v) is 7.88. The van der Waals surface area contributed by atoms with E-state index in [1.807, 2.05) is 48.5 Å². The second-order valence-electron chi connectivity index (χ2n) is 6.06. The van der Waals surface area contributed by atoms with E-state index in [1.54, 1.807) is 6.20 Å². The molecule has 0 bridgehead atoms. The molecule has 3 aromatic rings. The number of hydrogen-bond acceptors (Lipinski definition) is 3. The number of sulfonamides is 1. The van der Waals surface area contributed by atoms with E-state index in [1.165, 1.54) is 0 Å². The zero-order valence-corrected chi connectivity index (χ0v) is 13.3. The van der Waals surface area contributed by atoms with Gasteiger partial charge in [0.15, 0.2) is 0 Å². The van der Waals surface area contributed by atoms with Gasteiger partial charge in [0.05, 0.1) is 0 Å². The van der Waals surface area contributed by atoms with Crippen LogP contribution in [0.15, 0.2) is 54.7 Å². The van der Waals surface area contributed by atoms with Crippen molar-refractivity contribution in [1.29, 1.82) is 0 Å². The van der Waals surface area contributed by atoms with Crippen LogP contribution in [0.5, 0.6) is 0 Å². The molecule has 118 valence electrons. The van der Waals surface area contributed by atoms with Crippen LogP contribution in [0.25, 0.3) is 11.0 Å². The van der Waals surface area contributed by atoms with Crippen LogP contribution in [0.1, 0.15) is 30.0 Å². The summed E-state index contributed by atoms with van der Waals surface area (Å²) in [6.07, 6.45) is 3.02. The SMILES string of the molecule is NS(=O)(=O)C1(c2ccccc2)CCC1c1cc2cccnc2[nH]1. The number of aromatic nitrogens is 2. The fourth-order valence-corrected chi connectivity index (χ4v) is 5.20. The van der Waals surface area contributed by atoms with Crippen LogP contribution < -0.4 is 5.14 Å². The third kappa shape index (κ3) is 2.02. The predicted octanol–water partition coefficient (Wildman–Crippen LogP) is 2.62. The Labute approximate surface area is 134 Å². The lowest BCUT2D eigenvalue weighted by atomic mass is 9.67. The molecule has 2 aromatic heterocycles. The maximum Gasteiger partial charge on any atom is 0.219 e. The van der Waals surface area contributed by atoms with Crippen molar-refractivity contribution >= 4 is 21.1 Å². The van der Waals surface area contributed by atoms with E-state index >= 15 is 0 Å². The van der Waals surface area contributed by atoms with Gasteiger partial charge in [-0.2, -0.15) is 0 Å². The molecule has 2 unspecified atom stereocenters. The van der Waals surface area contributed by atoms with E-state index in [4.69, 9.17) is 5.14 Å². The quantitative estimate of drug-likeness (QED) is 0.775. The monoisotopic (exact) mass is 327 g/mol. The minimum Gasteiger partial charge on any atom is -0.343 e. The molecule has 1 fully saturated rings. The molecule has 1 saturated carbocycles. The van der Waals surface area contributed by atoms with Crippen molar-refractivity contribution in [2.24, 2.45) is 5.14 Å². The summed E-state index contributed by atoms with van der Waals surface area (Å²) in [5.41, 5.74) is 2.40.